The third kappa shape index (κ3) is 5.60. The van der Waals surface area contributed by atoms with E-state index in [2.05, 4.69) is 10.3 Å². The third-order valence-corrected chi connectivity index (χ3v) is 3.38. The Morgan fingerprint density at radius 3 is 3.05 bits per heavy atom. The number of hydrogen-bond acceptors (Lipinski definition) is 5. The molecule has 0 bridgehead atoms. The predicted octanol–water partition coefficient (Wildman–Crippen LogP) is 0.913. The highest BCUT2D eigenvalue weighted by molar-refractivity contribution is 7.98. The third-order valence-electron chi connectivity index (χ3n) is 2.36. The van der Waals surface area contributed by atoms with Crippen molar-refractivity contribution in [3.63, 3.8) is 0 Å². The number of thioether (sulfide) groups is 1. The number of pyridine rings is 1. The molecule has 1 heterocycles. The molecule has 104 valence electrons. The minimum absolute atomic E-state index is 0.378. The number of aliphatic carboxylic acids is 1. The van der Waals surface area contributed by atoms with Crippen molar-refractivity contribution in [2.45, 2.75) is 18.2 Å². The molecule has 0 radical (unpaired) electrons. The van der Waals surface area contributed by atoms with E-state index >= 15 is 0 Å². The van der Waals surface area contributed by atoms with Crippen molar-refractivity contribution in [3.8, 4) is 5.88 Å². The predicted molar refractivity (Wildman–Crippen MR) is 72.2 cm³/mol. The molecule has 0 aromatic carbocycles. The van der Waals surface area contributed by atoms with Crippen LogP contribution in [0.3, 0.4) is 0 Å². The zero-order valence-electron chi connectivity index (χ0n) is 10.5. The number of rotatable bonds is 9. The summed E-state index contributed by atoms with van der Waals surface area (Å²) in [7, 11) is 1.56. The Hall–Kier alpha value is -1.76. The molecule has 1 atom stereocenters. The first-order valence-corrected chi connectivity index (χ1v) is 6.83. The molecule has 6 nitrogen and oxygen atoms in total. The van der Waals surface area contributed by atoms with E-state index in [-0.39, 0.29) is 0 Å². The van der Waals surface area contributed by atoms with E-state index in [1.54, 1.807) is 24.9 Å². The molecule has 0 fully saturated rings. The molecule has 1 rings (SSSR count). The second-order valence-electron chi connectivity index (χ2n) is 3.69. The first kappa shape index (κ1) is 15.3. The summed E-state index contributed by atoms with van der Waals surface area (Å²) in [5.41, 5.74) is 0.875. The second kappa shape index (κ2) is 8.36. The monoisotopic (exact) mass is 284 g/mol. The maximum Gasteiger partial charge on any atom is 0.326 e. The van der Waals surface area contributed by atoms with E-state index < -0.39 is 12.0 Å². The van der Waals surface area contributed by atoms with Gasteiger partial charge in [-0.2, -0.15) is 11.8 Å². The van der Waals surface area contributed by atoms with Crippen LogP contribution < -0.4 is 10.1 Å². The lowest BCUT2D eigenvalue weighted by Crippen LogP contribution is -2.36. The molecule has 7 heteroatoms. The number of carbonyl (C=O) groups is 2. The Kier molecular flexibility index (Phi) is 6.73. The SMILES string of the molecule is COc1cccc(CSCCC(NC=O)C(=O)O)n1. The first-order chi connectivity index (χ1) is 9.17. The van der Waals surface area contributed by atoms with Gasteiger partial charge in [-0.15, -0.1) is 0 Å². The van der Waals surface area contributed by atoms with E-state index in [0.717, 1.165) is 5.69 Å². The van der Waals surface area contributed by atoms with E-state index in [9.17, 15) is 9.59 Å². The summed E-state index contributed by atoms with van der Waals surface area (Å²) in [5, 5.41) is 11.1. The number of carboxylic acid groups (broad SMARTS) is 1. The van der Waals surface area contributed by atoms with Gasteiger partial charge in [0.25, 0.3) is 0 Å². The van der Waals surface area contributed by atoms with Gasteiger partial charge in [-0.1, -0.05) is 6.07 Å². The first-order valence-electron chi connectivity index (χ1n) is 5.67. The number of aromatic nitrogens is 1. The molecule has 2 N–H and O–H groups in total. The minimum Gasteiger partial charge on any atom is -0.481 e. The number of carbonyl (C=O) groups excluding carboxylic acids is 1. The van der Waals surface area contributed by atoms with E-state index in [4.69, 9.17) is 9.84 Å². The van der Waals surface area contributed by atoms with Crippen LogP contribution in [0.5, 0.6) is 5.88 Å². The normalized spacial score (nSPS) is 11.6. The molecule has 1 amide bonds. The number of hydrogen-bond donors (Lipinski definition) is 2. The fourth-order valence-electron chi connectivity index (χ4n) is 1.39. The lowest BCUT2D eigenvalue weighted by molar-refractivity contribution is -0.140. The molecule has 0 saturated heterocycles. The Bertz CT molecular complexity index is 428. The van der Waals surface area contributed by atoms with Crippen molar-refractivity contribution >= 4 is 24.1 Å². The van der Waals surface area contributed by atoms with Crippen molar-refractivity contribution in [1.82, 2.24) is 10.3 Å². The highest BCUT2D eigenvalue weighted by atomic mass is 32.2. The number of ether oxygens (including phenoxy) is 1. The number of amides is 1. The Morgan fingerprint density at radius 1 is 1.63 bits per heavy atom. The smallest absolute Gasteiger partial charge is 0.326 e. The van der Waals surface area contributed by atoms with Gasteiger partial charge in [0.15, 0.2) is 0 Å². The summed E-state index contributed by atoms with van der Waals surface area (Å²) in [6.07, 6.45) is 0.787. The van der Waals surface area contributed by atoms with Gasteiger partial charge in [0, 0.05) is 11.8 Å². The summed E-state index contributed by atoms with van der Waals surface area (Å²) < 4.78 is 5.02. The standard InChI is InChI=1S/C12H16N2O4S/c1-18-11-4-2-3-9(14-11)7-19-6-5-10(12(16)17)13-8-15/h2-4,8,10H,5-7H2,1H3,(H,13,15)(H,16,17). The topological polar surface area (TPSA) is 88.5 Å². The van der Waals surface area contributed by atoms with Crippen molar-refractivity contribution in [2.75, 3.05) is 12.9 Å². The van der Waals surface area contributed by atoms with Gasteiger partial charge in [0.2, 0.25) is 12.3 Å². The van der Waals surface area contributed by atoms with Crippen LogP contribution in [0.4, 0.5) is 0 Å². The van der Waals surface area contributed by atoms with Crippen LogP contribution in [-0.2, 0) is 15.3 Å². The van der Waals surface area contributed by atoms with Crippen molar-refractivity contribution in [2.24, 2.45) is 0 Å². The highest BCUT2D eigenvalue weighted by Gasteiger charge is 2.15. The summed E-state index contributed by atoms with van der Waals surface area (Å²) in [4.78, 5) is 25.3. The maximum absolute atomic E-state index is 10.8. The van der Waals surface area contributed by atoms with Crippen LogP contribution in [0, 0.1) is 0 Å². The van der Waals surface area contributed by atoms with Crippen molar-refractivity contribution in [3.05, 3.63) is 23.9 Å². The zero-order valence-corrected chi connectivity index (χ0v) is 11.4. The molecule has 0 aliphatic rings. The number of methoxy groups -OCH3 is 1. The van der Waals surface area contributed by atoms with Gasteiger partial charge in [0.05, 0.1) is 12.8 Å². The van der Waals surface area contributed by atoms with Gasteiger partial charge < -0.3 is 15.2 Å². The van der Waals surface area contributed by atoms with Crippen molar-refractivity contribution in [1.29, 1.82) is 0 Å². The summed E-state index contributed by atoms with van der Waals surface area (Å²) in [6, 6.07) is 4.68. The highest BCUT2D eigenvalue weighted by Crippen LogP contribution is 2.15. The van der Waals surface area contributed by atoms with Crippen LogP contribution in [0.25, 0.3) is 0 Å². The quantitative estimate of drug-likeness (QED) is 0.517. The second-order valence-corrected chi connectivity index (χ2v) is 4.79. The Labute approximate surface area is 115 Å². The molecule has 0 aliphatic carbocycles. The zero-order chi connectivity index (χ0) is 14.1. The molecule has 1 aromatic rings. The van der Waals surface area contributed by atoms with Crippen LogP contribution >= 0.6 is 11.8 Å². The molecule has 1 unspecified atom stereocenters. The van der Waals surface area contributed by atoms with Crippen LogP contribution in [0.2, 0.25) is 0 Å². The number of carboxylic acids is 1. The molecule has 0 saturated carbocycles. The van der Waals surface area contributed by atoms with Crippen LogP contribution in [0.1, 0.15) is 12.1 Å². The van der Waals surface area contributed by atoms with E-state index in [0.29, 0.717) is 30.2 Å². The summed E-state index contributed by atoms with van der Waals surface area (Å²) in [5.74, 6) is 0.831. The van der Waals surface area contributed by atoms with E-state index in [1.165, 1.54) is 0 Å². The van der Waals surface area contributed by atoms with Crippen LogP contribution in [0.15, 0.2) is 18.2 Å². The van der Waals surface area contributed by atoms with E-state index in [1.807, 2.05) is 12.1 Å². The molecular formula is C12H16N2O4S. The Balaban J connectivity index is 2.33. The Morgan fingerprint density at radius 2 is 2.42 bits per heavy atom. The summed E-state index contributed by atoms with van der Waals surface area (Å²) in [6.45, 7) is 0. The van der Waals surface area contributed by atoms with Gasteiger partial charge in [0.1, 0.15) is 6.04 Å². The lowest BCUT2D eigenvalue weighted by Gasteiger charge is -2.10. The molecule has 19 heavy (non-hydrogen) atoms. The van der Waals surface area contributed by atoms with Crippen molar-refractivity contribution < 1.29 is 19.4 Å². The fourth-order valence-corrected chi connectivity index (χ4v) is 2.31. The van der Waals surface area contributed by atoms with Crippen LogP contribution in [-0.4, -0.2) is 41.4 Å². The number of nitrogens with one attached hydrogen (secondary N) is 1. The lowest BCUT2D eigenvalue weighted by atomic mass is 10.2. The minimum atomic E-state index is -1.02. The molecular weight excluding hydrogens is 268 g/mol. The maximum atomic E-state index is 10.8. The average molecular weight is 284 g/mol. The van der Waals surface area contributed by atoms with Gasteiger partial charge in [-0.05, 0) is 18.2 Å². The van der Waals surface area contributed by atoms with Gasteiger partial charge >= 0.3 is 5.97 Å². The number of nitrogens with zero attached hydrogens (tertiary/aromatic N) is 1. The molecule has 0 spiro atoms. The van der Waals surface area contributed by atoms with Gasteiger partial charge in [-0.25, -0.2) is 9.78 Å². The largest absolute Gasteiger partial charge is 0.481 e. The van der Waals surface area contributed by atoms with Gasteiger partial charge in [-0.3, -0.25) is 4.79 Å². The fraction of sp³-hybridized carbons (Fsp3) is 0.417. The summed E-state index contributed by atoms with van der Waals surface area (Å²) >= 11 is 1.56. The molecule has 0 aliphatic heterocycles. The average Bonchev–Trinajstić information content (AvgIpc) is 2.42. The molecule has 1 aromatic heterocycles.